The molecule has 1 amide bonds. The minimum atomic E-state index is -0.425. The number of carbonyl (C=O) groups excluding carboxylic acids is 1. The van der Waals surface area contributed by atoms with Crippen molar-refractivity contribution in [1.29, 1.82) is 0 Å². The second kappa shape index (κ2) is 4.70. The van der Waals surface area contributed by atoms with E-state index in [9.17, 15) is 4.79 Å². The van der Waals surface area contributed by atoms with Crippen molar-refractivity contribution >= 4 is 28.3 Å². The summed E-state index contributed by atoms with van der Waals surface area (Å²) in [5.74, 6) is 0.467. The van der Waals surface area contributed by atoms with Crippen LogP contribution in [0.15, 0.2) is 42.5 Å². The fourth-order valence-corrected chi connectivity index (χ4v) is 2.10. The van der Waals surface area contributed by atoms with Crippen molar-refractivity contribution in [2.75, 3.05) is 5.32 Å². The number of anilines is 2. The quantitative estimate of drug-likeness (QED) is 0.681. The molecule has 0 saturated carbocycles. The van der Waals surface area contributed by atoms with Crippen LogP contribution in [0, 0.1) is 6.92 Å². The van der Waals surface area contributed by atoms with Gasteiger partial charge in [0.15, 0.2) is 0 Å². The van der Waals surface area contributed by atoms with E-state index in [0.717, 1.165) is 28.2 Å². The summed E-state index contributed by atoms with van der Waals surface area (Å²) in [5.41, 5.74) is 9.48. The van der Waals surface area contributed by atoms with Crippen LogP contribution in [0.2, 0.25) is 0 Å². The summed E-state index contributed by atoms with van der Waals surface area (Å²) < 4.78 is 0. The number of nitrogens with two attached hydrogens (primary N) is 1. The lowest BCUT2D eigenvalue weighted by molar-refractivity contribution is 0.100. The highest BCUT2D eigenvalue weighted by Crippen LogP contribution is 2.21. The average Bonchev–Trinajstić information content (AvgIpc) is 2.78. The zero-order valence-corrected chi connectivity index (χ0v) is 11.0. The maximum atomic E-state index is 11.0. The molecule has 1 heterocycles. The third-order valence-electron chi connectivity index (χ3n) is 3.06. The molecule has 0 radical (unpaired) electrons. The number of nitrogens with zero attached hydrogens (tertiary/aromatic N) is 1. The molecule has 3 aromatic rings. The van der Waals surface area contributed by atoms with E-state index in [2.05, 4.69) is 15.3 Å². The standard InChI is InChI=1S/C15H14N4O/c1-9-17-13-7-6-12(8-14(13)18-9)19-11-4-2-10(3-5-11)15(16)20/h2-8,19H,1H3,(H2,16,20)(H,17,18). The summed E-state index contributed by atoms with van der Waals surface area (Å²) in [5, 5.41) is 3.27. The molecule has 0 aliphatic carbocycles. The van der Waals surface area contributed by atoms with Crippen LogP contribution in [0.1, 0.15) is 16.2 Å². The summed E-state index contributed by atoms with van der Waals surface area (Å²) >= 11 is 0. The topological polar surface area (TPSA) is 83.8 Å². The number of primary amides is 1. The molecule has 0 aliphatic rings. The van der Waals surface area contributed by atoms with Gasteiger partial charge in [0.25, 0.3) is 0 Å². The van der Waals surface area contributed by atoms with Crippen molar-refractivity contribution in [1.82, 2.24) is 9.97 Å². The van der Waals surface area contributed by atoms with Gasteiger partial charge in [-0.05, 0) is 49.4 Å². The number of carbonyl (C=O) groups is 1. The number of aromatic nitrogens is 2. The van der Waals surface area contributed by atoms with Crippen molar-refractivity contribution in [3.8, 4) is 0 Å². The Kier molecular flexibility index (Phi) is 2.87. The van der Waals surface area contributed by atoms with Crippen LogP contribution in [0.25, 0.3) is 11.0 Å². The second-order valence-electron chi connectivity index (χ2n) is 4.62. The van der Waals surface area contributed by atoms with Gasteiger partial charge in [-0.3, -0.25) is 4.79 Å². The number of rotatable bonds is 3. The summed E-state index contributed by atoms with van der Waals surface area (Å²) in [7, 11) is 0. The smallest absolute Gasteiger partial charge is 0.248 e. The van der Waals surface area contributed by atoms with Gasteiger partial charge >= 0.3 is 0 Å². The molecule has 0 unspecified atom stereocenters. The number of hydrogen-bond donors (Lipinski definition) is 3. The molecule has 5 nitrogen and oxygen atoms in total. The van der Waals surface area contributed by atoms with Gasteiger partial charge in [0.1, 0.15) is 5.82 Å². The molecule has 3 rings (SSSR count). The van der Waals surface area contributed by atoms with Crippen molar-refractivity contribution in [3.63, 3.8) is 0 Å². The molecule has 0 bridgehead atoms. The van der Waals surface area contributed by atoms with E-state index < -0.39 is 5.91 Å². The number of hydrogen-bond acceptors (Lipinski definition) is 3. The van der Waals surface area contributed by atoms with Crippen LogP contribution >= 0.6 is 0 Å². The fraction of sp³-hybridized carbons (Fsp3) is 0.0667. The molecule has 1 aromatic heterocycles. The predicted octanol–water partition coefficient (Wildman–Crippen LogP) is 2.71. The normalized spacial score (nSPS) is 10.7. The Hall–Kier alpha value is -2.82. The van der Waals surface area contributed by atoms with Crippen molar-refractivity contribution < 1.29 is 4.79 Å². The molecule has 5 heteroatoms. The van der Waals surface area contributed by atoms with Gasteiger partial charge < -0.3 is 16.0 Å². The Morgan fingerprint density at radius 3 is 2.55 bits per heavy atom. The van der Waals surface area contributed by atoms with E-state index in [1.807, 2.05) is 37.3 Å². The molecule has 4 N–H and O–H groups in total. The Morgan fingerprint density at radius 2 is 1.85 bits per heavy atom. The zero-order valence-electron chi connectivity index (χ0n) is 11.0. The van der Waals surface area contributed by atoms with E-state index >= 15 is 0 Å². The predicted molar refractivity (Wildman–Crippen MR) is 79.1 cm³/mol. The number of nitrogens with one attached hydrogen (secondary N) is 2. The number of aryl methyl sites for hydroxylation is 1. The molecule has 2 aromatic carbocycles. The zero-order chi connectivity index (χ0) is 14.1. The number of amides is 1. The fourth-order valence-electron chi connectivity index (χ4n) is 2.10. The summed E-state index contributed by atoms with van der Waals surface area (Å²) in [6.45, 7) is 1.93. The minimum Gasteiger partial charge on any atom is -0.366 e. The Morgan fingerprint density at radius 1 is 1.15 bits per heavy atom. The van der Waals surface area contributed by atoms with Crippen LogP contribution in [-0.2, 0) is 0 Å². The first-order chi connectivity index (χ1) is 9.61. The second-order valence-corrected chi connectivity index (χ2v) is 4.62. The molecule has 0 spiro atoms. The molecule has 20 heavy (non-hydrogen) atoms. The first-order valence-electron chi connectivity index (χ1n) is 6.25. The lowest BCUT2D eigenvalue weighted by atomic mass is 10.2. The Balaban J connectivity index is 1.86. The van der Waals surface area contributed by atoms with Crippen molar-refractivity contribution in [2.45, 2.75) is 6.92 Å². The van der Waals surface area contributed by atoms with Gasteiger partial charge in [0.2, 0.25) is 5.91 Å². The molecule has 0 atom stereocenters. The molecule has 100 valence electrons. The summed E-state index contributed by atoms with van der Waals surface area (Å²) in [4.78, 5) is 18.6. The van der Waals surface area contributed by atoms with Gasteiger partial charge in [-0.15, -0.1) is 0 Å². The number of fused-ring (bicyclic) bond motifs is 1. The lowest BCUT2D eigenvalue weighted by Gasteiger charge is -2.06. The van der Waals surface area contributed by atoms with Crippen LogP contribution in [0.4, 0.5) is 11.4 Å². The maximum Gasteiger partial charge on any atom is 0.248 e. The highest BCUT2D eigenvalue weighted by Gasteiger charge is 2.02. The van der Waals surface area contributed by atoms with E-state index in [1.165, 1.54) is 0 Å². The van der Waals surface area contributed by atoms with Crippen molar-refractivity contribution in [2.24, 2.45) is 5.73 Å². The van der Waals surface area contributed by atoms with Crippen LogP contribution in [0.3, 0.4) is 0 Å². The van der Waals surface area contributed by atoms with Crippen LogP contribution in [0.5, 0.6) is 0 Å². The van der Waals surface area contributed by atoms with E-state index in [0.29, 0.717) is 5.56 Å². The molecular formula is C15H14N4O. The molecular weight excluding hydrogens is 252 g/mol. The van der Waals surface area contributed by atoms with Gasteiger partial charge in [-0.2, -0.15) is 0 Å². The summed E-state index contributed by atoms with van der Waals surface area (Å²) in [6, 6.07) is 13.0. The number of imidazole rings is 1. The molecule has 0 saturated heterocycles. The third-order valence-corrected chi connectivity index (χ3v) is 3.06. The highest BCUT2D eigenvalue weighted by molar-refractivity contribution is 5.93. The minimum absolute atomic E-state index is 0.425. The summed E-state index contributed by atoms with van der Waals surface area (Å²) in [6.07, 6.45) is 0. The average molecular weight is 266 g/mol. The van der Waals surface area contributed by atoms with Crippen LogP contribution < -0.4 is 11.1 Å². The molecule has 0 fully saturated rings. The third kappa shape index (κ3) is 2.33. The number of aromatic amines is 1. The van der Waals surface area contributed by atoms with E-state index in [4.69, 9.17) is 5.73 Å². The van der Waals surface area contributed by atoms with Gasteiger partial charge in [0.05, 0.1) is 11.0 Å². The van der Waals surface area contributed by atoms with E-state index in [-0.39, 0.29) is 0 Å². The monoisotopic (exact) mass is 266 g/mol. The van der Waals surface area contributed by atoms with Gasteiger partial charge in [-0.1, -0.05) is 0 Å². The largest absolute Gasteiger partial charge is 0.366 e. The number of benzene rings is 2. The number of H-pyrrole nitrogens is 1. The maximum absolute atomic E-state index is 11.0. The first kappa shape index (κ1) is 12.2. The SMILES string of the molecule is Cc1nc2ccc(Nc3ccc(C(N)=O)cc3)cc2[nH]1. The molecule has 0 aliphatic heterocycles. The van der Waals surface area contributed by atoms with E-state index in [1.54, 1.807) is 12.1 Å². The highest BCUT2D eigenvalue weighted by atomic mass is 16.1. The van der Waals surface area contributed by atoms with Gasteiger partial charge in [0, 0.05) is 16.9 Å². The Labute approximate surface area is 115 Å². The first-order valence-corrected chi connectivity index (χ1v) is 6.25. The Bertz CT molecular complexity index is 774. The van der Waals surface area contributed by atoms with Gasteiger partial charge in [-0.25, -0.2) is 4.98 Å². The van der Waals surface area contributed by atoms with Crippen LogP contribution in [-0.4, -0.2) is 15.9 Å². The lowest BCUT2D eigenvalue weighted by Crippen LogP contribution is -2.10. The van der Waals surface area contributed by atoms with Crippen molar-refractivity contribution in [3.05, 3.63) is 53.9 Å².